The Morgan fingerprint density at radius 1 is 1.22 bits per heavy atom. The van der Waals surface area contributed by atoms with Gasteiger partial charge in [-0.15, -0.1) is 0 Å². The lowest BCUT2D eigenvalue weighted by Crippen LogP contribution is -2.07. The molecule has 0 saturated carbocycles. The Kier molecular flexibility index (Phi) is 5.05. The molecule has 0 aliphatic heterocycles. The molecule has 0 radical (unpaired) electrons. The molecule has 0 fully saturated rings. The van der Waals surface area contributed by atoms with Gasteiger partial charge in [0.25, 0.3) is 0 Å². The van der Waals surface area contributed by atoms with E-state index in [0.717, 1.165) is 29.2 Å². The van der Waals surface area contributed by atoms with Crippen LogP contribution in [0.25, 0.3) is 0 Å². The van der Waals surface area contributed by atoms with Gasteiger partial charge in [-0.25, -0.2) is 0 Å². The Balaban J connectivity index is 1.95. The highest BCUT2D eigenvalue weighted by atomic mass is 35.5. The summed E-state index contributed by atoms with van der Waals surface area (Å²) in [7, 11) is 0. The van der Waals surface area contributed by atoms with Crippen molar-refractivity contribution in [2.24, 2.45) is 5.73 Å². The van der Waals surface area contributed by atoms with Crippen molar-refractivity contribution in [2.75, 3.05) is 13.2 Å². The van der Waals surface area contributed by atoms with Crippen molar-refractivity contribution in [3.05, 3.63) is 51.2 Å². The van der Waals surface area contributed by atoms with Gasteiger partial charge in [0.1, 0.15) is 5.75 Å². The summed E-state index contributed by atoms with van der Waals surface area (Å²) in [6, 6.07) is 7.81. The van der Waals surface area contributed by atoms with Gasteiger partial charge in [-0.2, -0.15) is 11.3 Å². The van der Waals surface area contributed by atoms with Gasteiger partial charge in [0, 0.05) is 11.4 Å². The first-order valence-corrected chi connectivity index (χ1v) is 7.24. The number of nitrogens with two attached hydrogens (primary N) is 1. The number of hydrogen-bond acceptors (Lipinski definition) is 3. The van der Waals surface area contributed by atoms with Gasteiger partial charge in [-0.05, 0) is 59.1 Å². The minimum atomic E-state index is 0.598. The molecule has 1 aromatic heterocycles. The van der Waals surface area contributed by atoms with Gasteiger partial charge in [-0.3, -0.25) is 0 Å². The minimum Gasteiger partial charge on any atom is -0.493 e. The molecule has 1 heterocycles. The average Bonchev–Trinajstić information content (AvgIpc) is 2.85. The summed E-state index contributed by atoms with van der Waals surface area (Å²) in [6.07, 6.45) is 1.71. The summed E-state index contributed by atoms with van der Waals surface area (Å²) in [5.41, 5.74) is 7.98. The molecule has 0 spiro atoms. The van der Waals surface area contributed by atoms with Crippen molar-refractivity contribution < 1.29 is 4.74 Å². The number of ether oxygens (including phenoxy) is 1. The molecule has 2 rings (SSSR count). The molecule has 0 amide bonds. The minimum absolute atomic E-state index is 0.598. The molecule has 96 valence electrons. The van der Waals surface area contributed by atoms with Crippen LogP contribution in [0.2, 0.25) is 5.02 Å². The van der Waals surface area contributed by atoms with Gasteiger partial charge in [0.2, 0.25) is 0 Å². The Morgan fingerprint density at radius 3 is 2.83 bits per heavy atom. The lowest BCUT2D eigenvalue weighted by Gasteiger charge is -2.11. The van der Waals surface area contributed by atoms with Gasteiger partial charge in [0.15, 0.2) is 0 Å². The molecule has 1 aromatic carbocycles. The van der Waals surface area contributed by atoms with Crippen LogP contribution in [0, 0.1) is 0 Å². The zero-order valence-electron chi connectivity index (χ0n) is 10.1. The summed E-state index contributed by atoms with van der Waals surface area (Å²) < 4.78 is 5.81. The highest BCUT2D eigenvalue weighted by Gasteiger charge is 2.04. The molecular weight excluding hydrogens is 266 g/mol. The summed E-state index contributed by atoms with van der Waals surface area (Å²) in [4.78, 5) is 0. The largest absolute Gasteiger partial charge is 0.493 e. The molecule has 18 heavy (non-hydrogen) atoms. The third kappa shape index (κ3) is 3.73. The van der Waals surface area contributed by atoms with Gasteiger partial charge in [0.05, 0.1) is 6.61 Å². The van der Waals surface area contributed by atoms with Crippen LogP contribution >= 0.6 is 22.9 Å². The summed E-state index contributed by atoms with van der Waals surface area (Å²) in [5.74, 6) is 0.889. The van der Waals surface area contributed by atoms with E-state index in [-0.39, 0.29) is 0 Å². The molecule has 2 nitrogen and oxygen atoms in total. The summed E-state index contributed by atoms with van der Waals surface area (Å²) in [5, 5.41) is 4.95. The third-order valence-corrected chi connectivity index (χ3v) is 3.63. The van der Waals surface area contributed by atoms with Crippen molar-refractivity contribution in [1.82, 2.24) is 0 Å². The fourth-order valence-corrected chi connectivity index (χ4v) is 2.65. The lowest BCUT2D eigenvalue weighted by atomic mass is 10.1. The molecule has 0 unspecified atom stereocenters. The molecule has 4 heteroatoms. The number of rotatable bonds is 6. The van der Waals surface area contributed by atoms with Crippen molar-refractivity contribution in [2.45, 2.75) is 12.8 Å². The normalized spacial score (nSPS) is 10.6. The molecule has 0 aliphatic carbocycles. The van der Waals surface area contributed by atoms with Crippen molar-refractivity contribution >= 4 is 22.9 Å². The van der Waals surface area contributed by atoms with Gasteiger partial charge >= 0.3 is 0 Å². The van der Waals surface area contributed by atoms with E-state index >= 15 is 0 Å². The maximum absolute atomic E-state index is 5.97. The van der Waals surface area contributed by atoms with Crippen LogP contribution in [0.4, 0.5) is 0 Å². The second-order valence-corrected chi connectivity index (χ2v) is 5.24. The SMILES string of the molecule is NCCc1cc(Cl)ccc1OCCc1ccsc1. The molecule has 2 N–H and O–H groups in total. The third-order valence-electron chi connectivity index (χ3n) is 2.66. The van der Waals surface area contributed by atoms with Crippen LogP contribution in [0.5, 0.6) is 5.75 Å². The first-order chi connectivity index (χ1) is 8.79. The monoisotopic (exact) mass is 281 g/mol. The maximum atomic E-state index is 5.97. The number of hydrogen-bond donors (Lipinski definition) is 1. The van der Waals surface area contributed by atoms with E-state index in [1.54, 1.807) is 11.3 Å². The average molecular weight is 282 g/mol. The van der Waals surface area contributed by atoms with Crippen molar-refractivity contribution in [3.8, 4) is 5.75 Å². The fourth-order valence-electron chi connectivity index (χ4n) is 1.75. The Labute approximate surface area is 116 Å². The molecule has 0 bridgehead atoms. The van der Waals surface area contributed by atoms with E-state index in [9.17, 15) is 0 Å². The van der Waals surface area contributed by atoms with Crippen LogP contribution < -0.4 is 10.5 Å². The first-order valence-electron chi connectivity index (χ1n) is 5.92. The summed E-state index contributed by atoms with van der Waals surface area (Å²) in [6.45, 7) is 1.27. The van der Waals surface area contributed by atoms with Crippen LogP contribution in [-0.4, -0.2) is 13.2 Å². The van der Waals surface area contributed by atoms with Crippen LogP contribution in [-0.2, 0) is 12.8 Å². The van der Waals surface area contributed by atoms with E-state index in [0.29, 0.717) is 13.2 Å². The van der Waals surface area contributed by atoms with Crippen LogP contribution in [0.1, 0.15) is 11.1 Å². The second kappa shape index (κ2) is 6.78. The molecular formula is C14H16ClNOS. The van der Waals surface area contributed by atoms with E-state index < -0.39 is 0 Å². The van der Waals surface area contributed by atoms with Gasteiger partial charge < -0.3 is 10.5 Å². The molecule has 0 saturated heterocycles. The molecule has 0 atom stereocenters. The Morgan fingerprint density at radius 2 is 2.11 bits per heavy atom. The van der Waals surface area contributed by atoms with Crippen molar-refractivity contribution in [3.63, 3.8) is 0 Å². The zero-order valence-corrected chi connectivity index (χ0v) is 11.6. The van der Waals surface area contributed by atoms with E-state index in [1.165, 1.54) is 5.56 Å². The second-order valence-electron chi connectivity index (χ2n) is 4.02. The zero-order chi connectivity index (χ0) is 12.8. The van der Waals surface area contributed by atoms with Gasteiger partial charge in [-0.1, -0.05) is 11.6 Å². The topological polar surface area (TPSA) is 35.2 Å². The first kappa shape index (κ1) is 13.4. The van der Waals surface area contributed by atoms with E-state index in [1.807, 2.05) is 18.2 Å². The van der Waals surface area contributed by atoms with Crippen molar-refractivity contribution in [1.29, 1.82) is 0 Å². The smallest absolute Gasteiger partial charge is 0.122 e. The highest BCUT2D eigenvalue weighted by molar-refractivity contribution is 7.07. The molecule has 2 aromatic rings. The predicted molar refractivity (Wildman–Crippen MR) is 77.7 cm³/mol. The lowest BCUT2D eigenvalue weighted by molar-refractivity contribution is 0.319. The summed E-state index contributed by atoms with van der Waals surface area (Å²) >= 11 is 7.68. The quantitative estimate of drug-likeness (QED) is 0.879. The fraction of sp³-hybridized carbons (Fsp3) is 0.286. The highest BCUT2D eigenvalue weighted by Crippen LogP contribution is 2.23. The molecule has 0 aliphatic rings. The Hall–Kier alpha value is -1.03. The number of benzene rings is 1. The Bertz CT molecular complexity index is 485. The maximum Gasteiger partial charge on any atom is 0.122 e. The number of halogens is 1. The predicted octanol–water partition coefficient (Wildman–Crippen LogP) is 3.52. The van der Waals surface area contributed by atoms with Crippen LogP contribution in [0.3, 0.4) is 0 Å². The standard InChI is InChI=1S/C14H16ClNOS/c15-13-1-2-14(12(9-13)3-6-16)17-7-4-11-5-8-18-10-11/h1-2,5,8-10H,3-4,6-7,16H2. The van der Waals surface area contributed by atoms with Crippen LogP contribution in [0.15, 0.2) is 35.0 Å². The van der Waals surface area contributed by atoms with E-state index in [4.69, 9.17) is 22.1 Å². The van der Waals surface area contributed by atoms with E-state index in [2.05, 4.69) is 16.8 Å². The number of thiophene rings is 1.